The van der Waals surface area contributed by atoms with Crippen LogP contribution in [0.3, 0.4) is 0 Å². The molecule has 0 aliphatic heterocycles. The van der Waals surface area contributed by atoms with Gasteiger partial charge in [-0.15, -0.1) is 0 Å². The van der Waals surface area contributed by atoms with Gasteiger partial charge >= 0.3 is 17.9 Å². The summed E-state index contributed by atoms with van der Waals surface area (Å²) in [4.78, 5) is 32.5. The van der Waals surface area contributed by atoms with Crippen molar-refractivity contribution in [1.82, 2.24) is 0 Å². The van der Waals surface area contributed by atoms with Crippen LogP contribution < -0.4 is 0 Å². The van der Waals surface area contributed by atoms with Gasteiger partial charge in [0, 0.05) is 0 Å². The van der Waals surface area contributed by atoms with Crippen LogP contribution in [0, 0.1) is 0 Å². The van der Waals surface area contributed by atoms with Crippen molar-refractivity contribution in [3.8, 4) is 17.2 Å². The summed E-state index contributed by atoms with van der Waals surface area (Å²) in [6.45, 7) is 4.47. The third kappa shape index (κ3) is 11.2. The number of ether oxygens (including phenoxy) is 2. The number of hydrogen-bond acceptors (Lipinski definition) is 8. The minimum absolute atomic E-state index is 0.0741. The number of phenols is 3. The molecule has 9 heteroatoms. The van der Waals surface area contributed by atoms with Crippen molar-refractivity contribution in [2.75, 3.05) is 13.2 Å². The normalized spacial score (nSPS) is 9.43. The van der Waals surface area contributed by atoms with Crippen molar-refractivity contribution < 1.29 is 44.3 Å². The maximum atomic E-state index is 11.2. The summed E-state index contributed by atoms with van der Waals surface area (Å²) in [5.41, 5.74) is 1.10. The average Bonchev–Trinajstić information content (AvgIpc) is 2.84. The Bertz CT molecular complexity index is 1060. The molecule has 0 bridgehead atoms. The number of carboxylic acid groups (broad SMARTS) is 1. The molecule has 0 fully saturated rings. The molecule has 3 aromatic rings. The lowest BCUT2D eigenvalue weighted by molar-refractivity contribution is 0.0501. The number of esters is 2. The van der Waals surface area contributed by atoms with Gasteiger partial charge in [-0.3, -0.25) is 0 Å². The number of carbonyl (C=O) groups is 3. The fourth-order valence-electron chi connectivity index (χ4n) is 2.29. The first-order chi connectivity index (χ1) is 16.7. The highest BCUT2D eigenvalue weighted by Crippen LogP contribution is 2.11. The van der Waals surface area contributed by atoms with E-state index in [1.54, 1.807) is 6.92 Å². The van der Waals surface area contributed by atoms with Gasteiger partial charge in [-0.25, -0.2) is 14.4 Å². The summed E-state index contributed by atoms with van der Waals surface area (Å²) < 4.78 is 9.64. The molecule has 9 nitrogen and oxygen atoms in total. The van der Waals surface area contributed by atoms with Crippen molar-refractivity contribution in [2.45, 2.75) is 20.3 Å². The van der Waals surface area contributed by atoms with Gasteiger partial charge in [0.2, 0.25) is 0 Å². The smallest absolute Gasteiger partial charge is 0.338 e. The van der Waals surface area contributed by atoms with E-state index >= 15 is 0 Å². The molecule has 0 aliphatic rings. The second kappa shape index (κ2) is 15.3. The Hall–Kier alpha value is -4.53. The monoisotopic (exact) mass is 484 g/mol. The molecule has 0 amide bonds. The minimum Gasteiger partial charge on any atom is -0.508 e. The highest BCUT2D eigenvalue weighted by Gasteiger charge is 2.05. The zero-order valence-corrected chi connectivity index (χ0v) is 19.4. The van der Waals surface area contributed by atoms with Gasteiger partial charge in [-0.05, 0) is 86.1 Å². The summed E-state index contributed by atoms with van der Waals surface area (Å²) in [5, 5.41) is 35.0. The zero-order valence-electron chi connectivity index (χ0n) is 19.4. The summed E-state index contributed by atoms with van der Waals surface area (Å²) >= 11 is 0. The van der Waals surface area contributed by atoms with Crippen LogP contribution in [-0.2, 0) is 9.47 Å². The molecular weight excluding hydrogens is 456 g/mol. The van der Waals surface area contributed by atoms with E-state index in [1.165, 1.54) is 72.8 Å². The van der Waals surface area contributed by atoms with Crippen molar-refractivity contribution >= 4 is 17.9 Å². The molecule has 0 aromatic heterocycles. The van der Waals surface area contributed by atoms with Crippen molar-refractivity contribution in [1.29, 1.82) is 0 Å². The Labute approximate surface area is 202 Å². The number of carbonyl (C=O) groups excluding carboxylic acids is 2. The topological polar surface area (TPSA) is 151 Å². The van der Waals surface area contributed by atoms with Gasteiger partial charge in [0.1, 0.15) is 17.2 Å². The molecular formula is C26H28O9. The van der Waals surface area contributed by atoms with E-state index in [9.17, 15) is 14.4 Å². The molecule has 4 N–H and O–H groups in total. The molecule has 3 rings (SSSR count). The third-order valence-electron chi connectivity index (χ3n) is 4.03. The zero-order chi connectivity index (χ0) is 26.2. The number of carboxylic acids is 1. The number of benzene rings is 3. The maximum Gasteiger partial charge on any atom is 0.338 e. The lowest BCUT2D eigenvalue weighted by Gasteiger charge is -2.02. The van der Waals surface area contributed by atoms with E-state index in [4.69, 9.17) is 29.9 Å². The highest BCUT2D eigenvalue weighted by molar-refractivity contribution is 5.90. The van der Waals surface area contributed by atoms with Crippen LogP contribution in [0.15, 0.2) is 72.8 Å². The van der Waals surface area contributed by atoms with E-state index < -0.39 is 5.97 Å². The molecule has 0 spiro atoms. The van der Waals surface area contributed by atoms with Crippen LogP contribution in [-0.4, -0.2) is 51.5 Å². The molecule has 0 saturated heterocycles. The van der Waals surface area contributed by atoms with Crippen molar-refractivity contribution in [2.24, 2.45) is 0 Å². The fraction of sp³-hybridized carbons (Fsp3) is 0.192. The highest BCUT2D eigenvalue weighted by atomic mass is 16.5. The van der Waals surface area contributed by atoms with Gasteiger partial charge in [0.05, 0.1) is 29.9 Å². The van der Waals surface area contributed by atoms with Crippen LogP contribution in [0.1, 0.15) is 51.3 Å². The predicted octanol–water partition coefficient (Wildman–Crippen LogP) is 4.62. The summed E-state index contributed by atoms with van der Waals surface area (Å²) in [6, 6.07) is 17.3. The van der Waals surface area contributed by atoms with E-state index in [1.807, 2.05) is 6.92 Å². The summed E-state index contributed by atoms with van der Waals surface area (Å²) in [5.74, 6) is -1.33. The molecule has 0 radical (unpaired) electrons. The van der Waals surface area contributed by atoms with E-state index in [2.05, 4.69) is 0 Å². The van der Waals surface area contributed by atoms with Gasteiger partial charge in [0.25, 0.3) is 0 Å². The van der Waals surface area contributed by atoms with Crippen LogP contribution >= 0.6 is 0 Å². The second-order valence-electron chi connectivity index (χ2n) is 6.80. The van der Waals surface area contributed by atoms with Crippen LogP contribution in [0.2, 0.25) is 0 Å². The van der Waals surface area contributed by atoms with Gasteiger partial charge in [-0.1, -0.05) is 6.92 Å². The third-order valence-corrected chi connectivity index (χ3v) is 4.03. The lowest BCUT2D eigenvalue weighted by atomic mass is 10.2. The maximum absolute atomic E-state index is 11.2. The van der Waals surface area contributed by atoms with Gasteiger partial charge < -0.3 is 29.9 Å². The first-order valence-corrected chi connectivity index (χ1v) is 10.6. The second-order valence-corrected chi connectivity index (χ2v) is 6.80. The Morgan fingerprint density at radius 3 is 1.26 bits per heavy atom. The predicted molar refractivity (Wildman–Crippen MR) is 128 cm³/mol. The SMILES string of the molecule is CCCOC(=O)c1ccc(O)cc1.CCOC(=O)c1ccc(O)cc1.O=C(O)c1ccc(O)cc1. The standard InChI is InChI=1S/C10H12O3.C9H10O3.C7H6O3/c1-2-7-13-10(12)8-3-5-9(11)6-4-8;1-2-12-9(11)7-3-5-8(10)6-4-7;8-6-3-1-5(2-4-6)7(9)10/h3-6,11H,2,7H2,1H3;3-6,10H,2H2,1H3;1-4,8H,(H,9,10). The van der Waals surface area contributed by atoms with Gasteiger partial charge in [0.15, 0.2) is 0 Å². The molecule has 35 heavy (non-hydrogen) atoms. The van der Waals surface area contributed by atoms with Crippen LogP contribution in [0.4, 0.5) is 0 Å². The number of aromatic carboxylic acids is 1. The lowest BCUT2D eigenvalue weighted by Crippen LogP contribution is -2.05. The average molecular weight is 485 g/mol. The largest absolute Gasteiger partial charge is 0.508 e. The fourth-order valence-corrected chi connectivity index (χ4v) is 2.29. The molecule has 186 valence electrons. The van der Waals surface area contributed by atoms with E-state index in [0.29, 0.717) is 24.3 Å². The summed E-state index contributed by atoms with van der Waals surface area (Å²) in [6.07, 6.45) is 0.809. The molecule has 0 unspecified atom stereocenters. The van der Waals surface area contributed by atoms with Crippen LogP contribution in [0.5, 0.6) is 17.2 Å². The first-order valence-electron chi connectivity index (χ1n) is 10.6. The number of aromatic hydroxyl groups is 3. The van der Waals surface area contributed by atoms with Crippen molar-refractivity contribution in [3.63, 3.8) is 0 Å². The quantitative estimate of drug-likeness (QED) is 0.367. The van der Waals surface area contributed by atoms with Gasteiger partial charge in [-0.2, -0.15) is 0 Å². The summed E-state index contributed by atoms with van der Waals surface area (Å²) in [7, 11) is 0. The van der Waals surface area contributed by atoms with E-state index in [0.717, 1.165) is 6.42 Å². The number of hydrogen-bond donors (Lipinski definition) is 4. The number of rotatable bonds is 6. The van der Waals surface area contributed by atoms with Crippen molar-refractivity contribution in [3.05, 3.63) is 89.5 Å². The Kier molecular flexibility index (Phi) is 12.5. The molecule has 0 atom stereocenters. The molecule has 0 heterocycles. The molecule has 0 aliphatic carbocycles. The number of phenolic OH excluding ortho intramolecular Hbond substituents is 3. The minimum atomic E-state index is -0.986. The molecule has 0 saturated carbocycles. The Morgan fingerprint density at radius 2 is 0.943 bits per heavy atom. The molecule has 3 aromatic carbocycles. The van der Waals surface area contributed by atoms with Crippen LogP contribution in [0.25, 0.3) is 0 Å². The Morgan fingerprint density at radius 1 is 0.600 bits per heavy atom. The first kappa shape index (κ1) is 28.5. The Balaban J connectivity index is 0.000000265. The van der Waals surface area contributed by atoms with E-state index in [-0.39, 0.29) is 34.8 Å².